The third-order valence-corrected chi connectivity index (χ3v) is 6.09. The molecule has 0 atom stereocenters. The number of aryl methyl sites for hydroxylation is 1. The first-order valence-electron chi connectivity index (χ1n) is 10.0. The van der Waals surface area contributed by atoms with Gasteiger partial charge >= 0.3 is 0 Å². The fourth-order valence-corrected chi connectivity index (χ4v) is 4.50. The van der Waals surface area contributed by atoms with E-state index < -0.39 is 5.41 Å². The molecule has 0 fully saturated rings. The Kier molecular flexibility index (Phi) is 4.58. The highest BCUT2D eigenvalue weighted by Gasteiger charge is 2.40. The van der Waals surface area contributed by atoms with E-state index in [0.717, 1.165) is 45.3 Å². The zero-order chi connectivity index (χ0) is 21.6. The highest BCUT2D eigenvalue weighted by Crippen LogP contribution is 2.45. The lowest BCUT2D eigenvalue weighted by Gasteiger charge is -2.33. The van der Waals surface area contributed by atoms with Crippen molar-refractivity contribution in [3.8, 4) is 6.07 Å². The van der Waals surface area contributed by atoms with Crippen LogP contribution in [0.4, 0.5) is 0 Å². The summed E-state index contributed by atoms with van der Waals surface area (Å²) in [5, 5.41) is 21.0. The molecule has 2 aromatic carbocycles. The maximum absolute atomic E-state index is 13.6. The fraction of sp³-hybridized carbons (Fsp3) is 0.240. The van der Waals surface area contributed by atoms with E-state index >= 15 is 0 Å². The summed E-state index contributed by atoms with van der Waals surface area (Å²) in [5.41, 5.74) is 6.95. The summed E-state index contributed by atoms with van der Waals surface area (Å²) in [6.07, 6.45) is 3.91. The van der Waals surface area contributed by atoms with Crippen molar-refractivity contribution in [2.45, 2.75) is 32.6 Å². The number of fused-ring (bicyclic) bond motifs is 4. The van der Waals surface area contributed by atoms with Gasteiger partial charge in [-0.2, -0.15) is 5.26 Å². The van der Waals surface area contributed by atoms with E-state index in [1.807, 2.05) is 25.4 Å². The number of ketones is 1. The predicted octanol–water partition coefficient (Wildman–Crippen LogP) is 4.68. The summed E-state index contributed by atoms with van der Waals surface area (Å²) in [7, 11) is 1.81. The third kappa shape index (κ3) is 2.68. The smallest absolute Gasteiger partial charge is 0.195 e. The highest BCUT2D eigenvalue weighted by atomic mass is 16.1. The van der Waals surface area contributed by atoms with Crippen LogP contribution in [0.5, 0.6) is 0 Å². The van der Waals surface area contributed by atoms with E-state index in [2.05, 4.69) is 43.2 Å². The molecule has 1 aliphatic rings. The number of nitrogens with zero attached hydrogens (tertiary/aromatic N) is 1. The molecule has 4 rings (SSSR count). The molecule has 0 unspecified atom stereocenters. The minimum absolute atomic E-state index is 0.00512. The van der Waals surface area contributed by atoms with Crippen LogP contribution in [0, 0.1) is 16.7 Å². The van der Waals surface area contributed by atoms with Gasteiger partial charge in [-0.15, -0.1) is 0 Å². The molecule has 5 heteroatoms. The molecule has 150 valence electrons. The van der Waals surface area contributed by atoms with Crippen molar-refractivity contribution in [2.75, 3.05) is 7.05 Å². The van der Waals surface area contributed by atoms with Gasteiger partial charge in [0.2, 0.25) is 0 Å². The number of allylic oxidation sites excluding steroid dienone is 1. The minimum Gasteiger partial charge on any atom is -0.393 e. The Labute approximate surface area is 175 Å². The molecule has 0 aliphatic heterocycles. The van der Waals surface area contributed by atoms with Crippen LogP contribution in [0.1, 0.15) is 64.6 Å². The number of aromatic nitrogens is 1. The summed E-state index contributed by atoms with van der Waals surface area (Å²) in [5.74, 6) is 0.00512. The average molecular weight is 396 g/mol. The Hall–Kier alpha value is -3.65. The van der Waals surface area contributed by atoms with E-state index in [1.54, 1.807) is 12.1 Å². The Bertz CT molecular complexity index is 1280. The summed E-state index contributed by atoms with van der Waals surface area (Å²) in [6.45, 7) is 6.28. The molecule has 5 nitrogen and oxygen atoms in total. The molecular weight excluding hydrogens is 372 g/mol. The fourth-order valence-electron chi connectivity index (χ4n) is 4.50. The topological polar surface area (TPSA) is 92.5 Å². The maximum Gasteiger partial charge on any atom is 0.195 e. The van der Waals surface area contributed by atoms with Gasteiger partial charge < -0.3 is 15.7 Å². The molecule has 0 radical (unpaired) electrons. The van der Waals surface area contributed by atoms with Crippen molar-refractivity contribution >= 4 is 28.5 Å². The van der Waals surface area contributed by atoms with E-state index in [0.29, 0.717) is 16.7 Å². The number of hydrogen-bond acceptors (Lipinski definition) is 4. The number of aromatic amines is 1. The molecule has 0 saturated heterocycles. The van der Waals surface area contributed by atoms with E-state index in [4.69, 9.17) is 5.41 Å². The van der Waals surface area contributed by atoms with Gasteiger partial charge in [0.1, 0.15) is 0 Å². The lowest BCUT2D eigenvalue weighted by molar-refractivity contribution is 0.103. The van der Waals surface area contributed by atoms with Gasteiger partial charge in [0.05, 0.1) is 17.2 Å². The van der Waals surface area contributed by atoms with Crippen LogP contribution in [0.15, 0.2) is 36.5 Å². The van der Waals surface area contributed by atoms with Crippen LogP contribution in [0.3, 0.4) is 0 Å². The van der Waals surface area contributed by atoms with Crippen LogP contribution < -0.4 is 5.32 Å². The zero-order valence-corrected chi connectivity index (χ0v) is 17.6. The highest BCUT2D eigenvalue weighted by molar-refractivity contribution is 6.20. The Morgan fingerprint density at radius 2 is 2.07 bits per heavy atom. The average Bonchev–Trinajstić information content (AvgIpc) is 3.15. The number of carbonyl (C=O) groups is 1. The minimum atomic E-state index is -0.432. The van der Waals surface area contributed by atoms with Crippen LogP contribution in [0.2, 0.25) is 0 Å². The molecule has 3 N–H and O–H groups in total. The van der Waals surface area contributed by atoms with Crippen molar-refractivity contribution in [3.05, 3.63) is 75.6 Å². The summed E-state index contributed by atoms with van der Waals surface area (Å²) >= 11 is 0. The molecular formula is C25H24N4O. The third-order valence-electron chi connectivity index (χ3n) is 6.09. The lowest BCUT2D eigenvalue weighted by Crippen LogP contribution is -2.31. The second-order valence-corrected chi connectivity index (χ2v) is 8.14. The normalized spacial score (nSPS) is 14.8. The van der Waals surface area contributed by atoms with Gasteiger partial charge in [-0.25, -0.2) is 0 Å². The van der Waals surface area contributed by atoms with Gasteiger partial charge in [-0.05, 0) is 47.4 Å². The van der Waals surface area contributed by atoms with Crippen molar-refractivity contribution in [1.82, 2.24) is 10.3 Å². The molecule has 1 aromatic heterocycles. The molecule has 1 heterocycles. The van der Waals surface area contributed by atoms with Crippen LogP contribution in [0.25, 0.3) is 16.5 Å². The van der Waals surface area contributed by atoms with E-state index in [-0.39, 0.29) is 5.78 Å². The van der Waals surface area contributed by atoms with Crippen LogP contribution >= 0.6 is 0 Å². The first-order valence-corrected chi connectivity index (χ1v) is 10.0. The SMILES string of the molecule is CCc1cc2c(cc1/C(C=N)=C/NC)C(C)(C)c1[nH]c3cc(C#N)ccc3c1C2=O. The van der Waals surface area contributed by atoms with Crippen molar-refractivity contribution in [1.29, 1.82) is 10.7 Å². The number of rotatable bonds is 4. The largest absolute Gasteiger partial charge is 0.393 e. The quantitative estimate of drug-likeness (QED) is 0.559. The van der Waals surface area contributed by atoms with Crippen molar-refractivity contribution in [2.24, 2.45) is 0 Å². The Balaban J connectivity index is 2.03. The van der Waals surface area contributed by atoms with Gasteiger partial charge in [-0.1, -0.05) is 26.8 Å². The summed E-state index contributed by atoms with van der Waals surface area (Å²) in [4.78, 5) is 17.0. The van der Waals surface area contributed by atoms with Gasteiger partial charge in [0, 0.05) is 52.6 Å². The van der Waals surface area contributed by atoms with Gasteiger partial charge in [-0.3, -0.25) is 4.79 Å². The monoisotopic (exact) mass is 396 g/mol. The predicted molar refractivity (Wildman–Crippen MR) is 120 cm³/mol. The second kappa shape index (κ2) is 7.00. The standard InChI is InChI=1S/C25H24N4O/c1-5-15-9-19-20(10-18(15)16(12-27)13-28-4)25(2,3)24-22(23(19)30)17-7-6-14(11-26)8-21(17)29-24/h6-10,12-13,27-29H,5H2,1-4H3/b16-13+,27-12?. The molecule has 30 heavy (non-hydrogen) atoms. The number of H-pyrrole nitrogens is 1. The molecule has 0 spiro atoms. The van der Waals surface area contributed by atoms with Gasteiger partial charge in [0.15, 0.2) is 5.78 Å². The maximum atomic E-state index is 13.6. The number of nitriles is 1. The summed E-state index contributed by atoms with van der Waals surface area (Å²) < 4.78 is 0. The van der Waals surface area contributed by atoms with Crippen LogP contribution in [-0.4, -0.2) is 24.0 Å². The first-order chi connectivity index (χ1) is 14.4. The molecule has 0 amide bonds. The van der Waals surface area contributed by atoms with Gasteiger partial charge in [0.25, 0.3) is 0 Å². The summed E-state index contributed by atoms with van der Waals surface area (Å²) in [6, 6.07) is 11.6. The Morgan fingerprint density at radius 1 is 1.30 bits per heavy atom. The van der Waals surface area contributed by atoms with Crippen molar-refractivity contribution in [3.63, 3.8) is 0 Å². The van der Waals surface area contributed by atoms with E-state index in [1.165, 1.54) is 6.21 Å². The lowest BCUT2D eigenvalue weighted by atomic mass is 9.70. The molecule has 1 aliphatic carbocycles. The zero-order valence-electron chi connectivity index (χ0n) is 17.6. The molecule has 0 saturated carbocycles. The molecule has 3 aromatic rings. The second-order valence-electron chi connectivity index (χ2n) is 8.14. The van der Waals surface area contributed by atoms with Crippen molar-refractivity contribution < 1.29 is 4.79 Å². The van der Waals surface area contributed by atoms with Crippen LogP contribution in [-0.2, 0) is 11.8 Å². The number of carbonyl (C=O) groups excluding carboxylic acids is 1. The Morgan fingerprint density at radius 3 is 2.70 bits per heavy atom. The first kappa shape index (κ1) is 19.7. The number of benzene rings is 2. The van der Waals surface area contributed by atoms with E-state index in [9.17, 15) is 10.1 Å². The molecule has 0 bridgehead atoms. The number of hydrogen-bond donors (Lipinski definition) is 3. The number of nitrogens with one attached hydrogen (secondary N) is 3.